The summed E-state index contributed by atoms with van der Waals surface area (Å²) in [5.41, 5.74) is 1.85. The van der Waals surface area contributed by atoms with E-state index in [9.17, 15) is 4.79 Å². The molecule has 1 aliphatic heterocycles. The summed E-state index contributed by atoms with van der Waals surface area (Å²) in [6.07, 6.45) is 0. The van der Waals surface area contributed by atoms with Crippen molar-refractivity contribution in [2.75, 3.05) is 20.9 Å². The molecule has 128 valence electrons. The van der Waals surface area contributed by atoms with Crippen LogP contribution in [0.15, 0.2) is 18.2 Å². The Morgan fingerprint density at radius 3 is 2.75 bits per heavy atom. The standard InChI is InChI=1S/C17H21N3O3S/c1-10-15(24-11(2)19-10)8-18-17(21)16(20(3)4)12-5-6-13-14(7-12)23-9-22-13/h5-7,16H,8-9H2,1-4H3,(H,18,21)/t16-/m0/s1. The first kappa shape index (κ1) is 16.7. The monoisotopic (exact) mass is 347 g/mol. The van der Waals surface area contributed by atoms with Gasteiger partial charge in [0.05, 0.1) is 17.2 Å². The van der Waals surface area contributed by atoms with Crippen molar-refractivity contribution in [2.45, 2.75) is 26.4 Å². The molecule has 1 N–H and O–H groups in total. The Hall–Kier alpha value is -2.12. The molecule has 0 saturated carbocycles. The molecule has 0 unspecified atom stereocenters. The molecule has 6 nitrogen and oxygen atoms in total. The Balaban J connectivity index is 1.75. The van der Waals surface area contributed by atoms with E-state index in [2.05, 4.69) is 10.3 Å². The zero-order valence-corrected chi connectivity index (χ0v) is 15.1. The summed E-state index contributed by atoms with van der Waals surface area (Å²) in [6, 6.07) is 5.22. The molecular formula is C17H21N3O3S. The Kier molecular flexibility index (Phi) is 4.73. The zero-order valence-electron chi connectivity index (χ0n) is 14.3. The number of aromatic nitrogens is 1. The third-order valence-corrected chi connectivity index (χ3v) is 4.97. The van der Waals surface area contributed by atoms with Gasteiger partial charge >= 0.3 is 0 Å². The molecule has 1 aliphatic rings. The maximum atomic E-state index is 12.7. The number of hydrogen-bond donors (Lipinski definition) is 1. The molecule has 2 heterocycles. The lowest BCUT2D eigenvalue weighted by Crippen LogP contribution is -2.36. The van der Waals surface area contributed by atoms with Crippen LogP contribution in [-0.4, -0.2) is 36.7 Å². The molecule has 7 heteroatoms. The number of carbonyl (C=O) groups excluding carboxylic acids is 1. The van der Waals surface area contributed by atoms with E-state index in [1.165, 1.54) is 0 Å². The van der Waals surface area contributed by atoms with Gasteiger partial charge in [0.15, 0.2) is 11.5 Å². The number of ether oxygens (including phenoxy) is 2. The highest BCUT2D eigenvalue weighted by atomic mass is 32.1. The van der Waals surface area contributed by atoms with Crippen LogP contribution in [0.4, 0.5) is 0 Å². The van der Waals surface area contributed by atoms with Gasteiger partial charge in [-0.05, 0) is 45.6 Å². The normalized spacial score (nSPS) is 14.0. The summed E-state index contributed by atoms with van der Waals surface area (Å²) in [5, 5.41) is 4.03. The maximum Gasteiger partial charge on any atom is 0.242 e. The molecule has 1 atom stereocenters. The molecule has 0 saturated heterocycles. The van der Waals surface area contributed by atoms with Crippen LogP contribution in [0, 0.1) is 13.8 Å². The minimum absolute atomic E-state index is 0.0516. The average molecular weight is 347 g/mol. The van der Waals surface area contributed by atoms with E-state index >= 15 is 0 Å². The van der Waals surface area contributed by atoms with Gasteiger partial charge in [0, 0.05) is 4.88 Å². The number of rotatable bonds is 5. The molecule has 0 radical (unpaired) electrons. The third-order valence-electron chi connectivity index (χ3n) is 3.90. The number of fused-ring (bicyclic) bond motifs is 1. The molecule has 1 aromatic carbocycles. The van der Waals surface area contributed by atoms with Crippen LogP contribution in [0.5, 0.6) is 11.5 Å². The van der Waals surface area contributed by atoms with Gasteiger partial charge in [-0.25, -0.2) is 4.98 Å². The number of nitrogens with zero attached hydrogens (tertiary/aromatic N) is 2. The summed E-state index contributed by atoms with van der Waals surface area (Å²) in [6.45, 7) is 4.65. The van der Waals surface area contributed by atoms with E-state index in [0.717, 1.165) is 21.1 Å². The van der Waals surface area contributed by atoms with Crippen molar-refractivity contribution < 1.29 is 14.3 Å². The largest absolute Gasteiger partial charge is 0.454 e. The van der Waals surface area contributed by atoms with E-state index in [-0.39, 0.29) is 12.7 Å². The highest BCUT2D eigenvalue weighted by Gasteiger charge is 2.25. The van der Waals surface area contributed by atoms with Crippen LogP contribution in [0.3, 0.4) is 0 Å². The molecule has 3 rings (SSSR count). The zero-order chi connectivity index (χ0) is 17.3. The maximum absolute atomic E-state index is 12.7. The quantitative estimate of drug-likeness (QED) is 0.900. The predicted molar refractivity (Wildman–Crippen MR) is 92.4 cm³/mol. The molecule has 1 aromatic heterocycles. The molecular weight excluding hydrogens is 326 g/mol. The van der Waals surface area contributed by atoms with E-state index in [1.54, 1.807) is 11.3 Å². The van der Waals surface area contributed by atoms with E-state index in [4.69, 9.17) is 9.47 Å². The van der Waals surface area contributed by atoms with Crippen molar-refractivity contribution in [3.8, 4) is 11.5 Å². The van der Waals surface area contributed by atoms with Crippen LogP contribution < -0.4 is 14.8 Å². The second-order valence-corrected chi connectivity index (χ2v) is 7.23. The van der Waals surface area contributed by atoms with Crippen molar-refractivity contribution in [3.05, 3.63) is 39.3 Å². The lowest BCUT2D eigenvalue weighted by Gasteiger charge is -2.24. The minimum Gasteiger partial charge on any atom is -0.454 e. The van der Waals surface area contributed by atoms with Crippen molar-refractivity contribution in [2.24, 2.45) is 0 Å². The number of amides is 1. The molecule has 0 bridgehead atoms. The van der Waals surface area contributed by atoms with Crippen molar-refractivity contribution in [3.63, 3.8) is 0 Å². The Morgan fingerprint density at radius 2 is 2.08 bits per heavy atom. The predicted octanol–water partition coefficient (Wildman–Crippen LogP) is 2.41. The van der Waals surface area contributed by atoms with Crippen molar-refractivity contribution in [1.82, 2.24) is 15.2 Å². The first-order valence-electron chi connectivity index (χ1n) is 7.72. The fourth-order valence-corrected chi connectivity index (χ4v) is 3.65. The number of hydrogen-bond acceptors (Lipinski definition) is 6. The summed E-state index contributed by atoms with van der Waals surface area (Å²) < 4.78 is 10.8. The highest BCUT2D eigenvalue weighted by molar-refractivity contribution is 7.11. The average Bonchev–Trinajstić information content (AvgIpc) is 3.10. The molecule has 24 heavy (non-hydrogen) atoms. The topological polar surface area (TPSA) is 63.7 Å². The number of aryl methyl sites for hydroxylation is 2. The summed E-state index contributed by atoms with van der Waals surface area (Å²) in [4.78, 5) is 20.1. The van der Waals surface area contributed by atoms with Gasteiger partial charge in [0.1, 0.15) is 6.04 Å². The van der Waals surface area contributed by atoms with Gasteiger partial charge in [-0.3, -0.25) is 9.69 Å². The Morgan fingerprint density at radius 1 is 1.33 bits per heavy atom. The van der Waals surface area contributed by atoms with Crippen LogP contribution in [0.2, 0.25) is 0 Å². The number of thiazole rings is 1. The van der Waals surface area contributed by atoms with Gasteiger partial charge in [-0.15, -0.1) is 11.3 Å². The number of carbonyl (C=O) groups is 1. The molecule has 0 spiro atoms. The summed E-state index contributed by atoms with van der Waals surface area (Å²) in [7, 11) is 3.77. The van der Waals surface area contributed by atoms with E-state index in [0.29, 0.717) is 18.0 Å². The van der Waals surface area contributed by atoms with Crippen LogP contribution >= 0.6 is 11.3 Å². The first-order valence-corrected chi connectivity index (χ1v) is 8.54. The van der Waals surface area contributed by atoms with Gasteiger partial charge in [0.25, 0.3) is 0 Å². The van der Waals surface area contributed by atoms with Crippen LogP contribution in [0.1, 0.15) is 27.2 Å². The lowest BCUT2D eigenvalue weighted by atomic mass is 10.0. The molecule has 2 aromatic rings. The summed E-state index contributed by atoms with van der Waals surface area (Å²) >= 11 is 1.61. The second kappa shape index (κ2) is 6.78. The fourth-order valence-electron chi connectivity index (χ4n) is 2.77. The first-order chi connectivity index (χ1) is 11.5. The molecule has 0 aliphatic carbocycles. The molecule has 0 fully saturated rings. The fraction of sp³-hybridized carbons (Fsp3) is 0.412. The second-order valence-electron chi connectivity index (χ2n) is 5.94. The Labute approximate surface area is 145 Å². The van der Waals surface area contributed by atoms with Gasteiger partial charge < -0.3 is 14.8 Å². The number of benzene rings is 1. The molecule has 1 amide bonds. The van der Waals surface area contributed by atoms with Gasteiger partial charge in [-0.2, -0.15) is 0 Å². The lowest BCUT2D eigenvalue weighted by molar-refractivity contribution is -0.125. The summed E-state index contributed by atoms with van der Waals surface area (Å²) in [5.74, 6) is 1.35. The SMILES string of the molecule is Cc1nc(C)c(CNC(=O)[C@H](c2ccc3c(c2)OCO3)N(C)C)s1. The van der Waals surface area contributed by atoms with Gasteiger partial charge in [0.2, 0.25) is 12.7 Å². The smallest absolute Gasteiger partial charge is 0.242 e. The number of likely N-dealkylation sites (N-methyl/N-ethyl adjacent to an activating group) is 1. The van der Waals surface area contributed by atoms with Crippen LogP contribution in [-0.2, 0) is 11.3 Å². The van der Waals surface area contributed by atoms with Crippen LogP contribution in [0.25, 0.3) is 0 Å². The Bertz CT molecular complexity index is 758. The van der Waals surface area contributed by atoms with E-state index in [1.807, 2.05) is 51.0 Å². The highest BCUT2D eigenvalue weighted by Crippen LogP contribution is 2.35. The number of nitrogens with one attached hydrogen (secondary N) is 1. The van der Waals surface area contributed by atoms with Crippen molar-refractivity contribution >= 4 is 17.2 Å². The van der Waals surface area contributed by atoms with E-state index < -0.39 is 6.04 Å². The van der Waals surface area contributed by atoms with Crippen molar-refractivity contribution in [1.29, 1.82) is 0 Å². The van der Waals surface area contributed by atoms with Gasteiger partial charge in [-0.1, -0.05) is 6.07 Å². The third kappa shape index (κ3) is 3.37. The minimum atomic E-state index is -0.395.